The zero-order chi connectivity index (χ0) is 19.2. The first-order valence-electron chi connectivity index (χ1n) is 8.05. The van der Waals surface area contributed by atoms with E-state index in [2.05, 4.69) is 16.9 Å². The summed E-state index contributed by atoms with van der Waals surface area (Å²) in [6.45, 7) is 0. The Labute approximate surface area is 156 Å². The van der Waals surface area contributed by atoms with Crippen LogP contribution in [-0.4, -0.2) is 13.1 Å². The van der Waals surface area contributed by atoms with E-state index in [4.69, 9.17) is 9.68 Å². The van der Waals surface area contributed by atoms with Crippen LogP contribution in [0.25, 0.3) is 23.0 Å². The van der Waals surface area contributed by atoms with E-state index in [0.717, 1.165) is 5.56 Å². The van der Waals surface area contributed by atoms with Gasteiger partial charge in [-0.05, 0) is 48.0 Å². The molecule has 0 N–H and O–H groups in total. The van der Waals surface area contributed by atoms with Crippen LogP contribution < -0.4 is 0 Å². The molecule has 3 rings (SSSR count). The predicted octanol–water partition coefficient (Wildman–Crippen LogP) is 4.67. The maximum absolute atomic E-state index is 11.5. The van der Waals surface area contributed by atoms with Crippen molar-refractivity contribution in [2.24, 2.45) is 0 Å². The number of benzene rings is 2. The number of hydrogen-bond donors (Lipinski definition) is 0. The number of nitrogens with zero attached hydrogens (tertiary/aromatic N) is 2. The highest BCUT2D eigenvalue weighted by Crippen LogP contribution is 2.26. The van der Waals surface area contributed by atoms with Crippen LogP contribution >= 0.6 is 0 Å². The minimum atomic E-state index is -0.400. The summed E-state index contributed by atoms with van der Waals surface area (Å²) in [5.74, 6) is 0.726. The molecule has 0 atom stereocenters. The number of methoxy groups -OCH3 is 1. The Bertz CT molecular complexity index is 1090. The Balaban J connectivity index is 1.88. The van der Waals surface area contributed by atoms with Gasteiger partial charge in [-0.3, -0.25) is 0 Å². The summed E-state index contributed by atoms with van der Waals surface area (Å²) in [5, 5.41) is 18.5. The van der Waals surface area contributed by atoms with Gasteiger partial charge in [-0.1, -0.05) is 24.3 Å². The molecule has 1 aromatic heterocycles. The number of esters is 1. The first-order chi connectivity index (χ1) is 13.1. The largest absolute Gasteiger partial charge is 0.465 e. The standard InChI is InChI=1S/C22H14N2O3/c1-26-22(25)17-7-5-16(6-8-17)21-10-9-20(27-21)12-19(14-24)18-4-2-3-15(11-18)13-23/h2-12H,1H3/b19-12-. The molecule has 5 heteroatoms. The van der Waals surface area contributed by atoms with E-state index in [1.54, 1.807) is 66.7 Å². The van der Waals surface area contributed by atoms with Gasteiger partial charge in [-0.15, -0.1) is 0 Å². The van der Waals surface area contributed by atoms with E-state index in [1.807, 2.05) is 0 Å². The van der Waals surface area contributed by atoms with E-state index in [-0.39, 0.29) is 0 Å². The fourth-order valence-corrected chi connectivity index (χ4v) is 2.55. The Morgan fingerprint density at radius 3 is 2.48 bits per heavy atom. The first kappa shape index (κ1) is 17.7. The van der Waals surface area contributed by atoms with Crippen LogP contribution in [0, 0.1) is 22.7 Å². The quantitative estimate of drug-likeness (QED) is 0.502. The summed E-state index contributed by atoms with van der Waals surface area (Å²) in [7, 11) is 1.33. The molecule has 0 bridgehead atoms. The lowest BCUT2D eigenvalue weighted by atomic mass is 10.0. The summed E-state index contributed by atoms with van der Waals surface area (Å²) in [6, 6.07) is 21.4. The Morgan fingerprint density at radius 1 is 1.04 bits per heavy atom. The SMILES string of the molecule is COC(=O)c1ccc(-c2ccc(/C=C(/C#N)c3cccc(C#N)c3)o2)cc1. The van der Waals surface area contributed by atoms with E-state index in [1.165, 1.54) is 7.11 Å². The van der Waals surface area contributed by atoms with Crippen LogP contribution in [0.5, 0.6) is 0 Å². The van der Waals surface area contributed by atoms with Gasteiger partial charge in [0.1, 0.15) is 11.5 Å². The maximum Gasteiger partial charge on any atom is 0.337 e. The number of ether oxygens (including phenoxy) is 1. The van der Waals surface area contributed by atoms with Crippen LogP contribution in [0.1, 0.15) is 27.2 Å². The van der Waals surface area contributed by atoms with Crippen LogP contribution in [0.3, 0.4) is 0 Å². The van der Waals surface area contributed by atoms with Gasteiger partial charge >= 0.3 is 5.97 Å². The Hall–Kier alpha value is -4.09. The second-order valence-corrected chi connectivity index (χ2v) is 5.63. The molecule has 5 nitrogen and oxygen atoms in total. The molecule has 2 aromatic carbocycles. The van der Waals surface area contributed by atoms with Crippen LogP contribution in [-0.2, 0) is 4.74 Å². The topological polar surface area (TPSA) is 87.0 Å². The highest BCUT2D eigenvalue weighted by molar-refractivity contribution is 5.90. The van der Waals surface area contributed by atoms with E-state index >= 15 is 0 Å². The molecular weight excluding hydrogens is 340 g/mol. The minimum Gasteiger partial charge on any atom is -0.465 e. The molecule has 0 saturated carbocycles. The number of carbonyl (C=O) groups excluding carboxylic acids is 1. The molecule has 0 aliphatic heterocycles. The van der Waals surface area contributed by atoms with Gasteiger partial charge < -0.3 is 9.15 Å². The van der Waals surface area contributed by atoms with Crippen LogP contribution in [0.2, 0.25) is 0 Å². The number of carbonyl (C=O) groups is 1. The van der Waals surface area contributed by atoms with Gasteiger partial charge in [0.2, 0.25) is 0 Å². The number of allylic oxidation sites excluding steroid dienone is 1. The van der Waals surface area contributed by atoms with Crippen molar-refractivity contribution in [1.29, 1.82) is 10.5 Å². The highest BCUT2D eigenvalue weighted by atomic mass is 16.5. The molecule has 0 fully saturated rings. The lowest BCUT2D eigenvalue weighted by molar-refractivity contribution is 0.0600. The van der Waals surface area contributed by atoms with Gasteiger partial charge in [0.15, 0.2) is 0 Å². The molecule has 1 heterocycles. The fourth-order valence-electron chi connectivity index (χ4n) is 2.55. The van der Waals surface area contributed by atoms with Gasteiger partial charge in [0.25, 0.3) is 0 Å². The van der Waals surface area contributed by atoms with Crippen molar-refractivity contribution < 1.29 is 13.9 Å². The fraction of sp³-hybridized carbons (Fsp3) is 0.0455. The third kappa shape index (κ3) is 3.95. The van der Waals surface area contributed by atoms with E-state index in [9.17, 15) is 10.1 Å². The molecule has 0 aliphatic carbocycles. The number of furan rings is 1. The molecule has 0 saturated heterocycles. The van der Waals surface area contributed by atoms with Gasteiger partial charge in [0, 0.05) is 5.56 Å². The number of nitriles is 2. The van der Waals surface area contributed by atoms with Crippen molar-refractivity contribution in [3.05, 3.63) is 83.1 Å². The molecule has 0 unspecified atom stereocenters. The summed E-state index contributed by atoms with van der Waals surface area (Å²) >= 11 is 0. The zero-order valence-corrected chi connectivity index (χ0v) is 14.5. The van der Waals surface area contributed by atoms with Gasteiger partial charge in [-0.2, -0.15) is 10.5 Å². The van der Waals surface area contributed by atoms with Gasteiger partial charge in [-0.25, -0.2) is 4.79 Å². The average molecular weight is 354 g/mol. The third-order valence-electron chi connectivity index (χ3n) is 3.93. The first-order valence-corrected chi connectivity index (χ1v) is 8.05. The Morgan fingerprint density at radius 2 is 1.81 bits per heavy atom. The van der Waals surface area contributed by atoms with E-state index in [0.29, 0.717) is 33.8 Å². The molecular formula is C22H14N2O3. The molecule has 130 valence electrons. The predicted molar refractivity (Wildman–Crippen MR) is 100 cm³/mol. The van der Waals surface area contributed by atoms with Crippen molar-refractivity contribution in [1.82, 2.24) is 0 Å². The summed E-state index contributed by atoms with van der Waals surface area (Å²) in [4.78, 5) is 11.5. The van der Waals surface area contributed by atoms with Crippen LogP contribution in [0.4, 0.5) is 0 Å². The van der Waals surface area contributed by atoms with Crippen molar-refractivity contribution in [2.75, 3.05) is 7.11 Å². The Kier molecular flexibility index (Phi) is 5.16. The summed E-state index contributed by atoms with van der Waals surface area (Å²) in [5.41, 5.74) is 2.79. The molecule has 0 amide bonds. The molecule has 0 spiro atoms. The molecule has 3 aromatic rings. The third-order valence-corrected chi connectivity index (χ3v) is 3.93. The lowest BCUT2D eigenvalue weighted by Crippen LogP contribution is -2.00. The normalized spacial score (nSPS) is 10.7. The molecule has 27 heavy (non-hydrogen) atoms. The number of hydrogen-bond acceptors (Lipinski definition) is 5. The zero-order valence-electron chi connectivity index (χ0n) is 14.5. The van der Waals surface area contributed by atoms with Crippen molar-refractivity contribution in [2.45, 2.75) is 0 Å². The van der Waals surface area contributed by atoms with Crippen molar-refractivity contribution in [3.8, 4) is 23.5 Å². The number of rotatable bonds is 4. The molecule has 0 radical (unpaired) electrons. The smallest absolute Gasteiger partial charge is 0.337 e. The van der Waals surface area contributed by atoms with Crippen LogP contribution in [0.15, 0.2) is 65.1 Å². The lowest BCUT2D eigenvalue weighted by Gasteiger charge is -2.01. The average Bonchev–Trinajstić information content (AvgIpc) is 3.20. The minimum absolute atomic E-state index is 0.397. The summed E-state index contributed by atoms with van der Waals surface area (Å²) in [6.07, 6.45) is 1.63. The molecule has 0 aliphatic rings. The summed E-state index contributed by atoms with van der Waals surface area (Å²) < 4.78 is 10.5. The maximum atomic E-state index is 11.5. The van der Waals surface area contributed by atoms with Crippen molar-refractivity contribution >= 4 is 17.6 Å². The highest BCUT2D eigenvalue weighted by Gasteiger charge is 2.09. The second-order valence-electron chi connectivity index (χ2n) is 5.63. The monoisotopic (exact) mass is 354 g/mol. The van der Waals surface area contributed by atoms with Gasteiger partial charge in [0.05, 0.1) is 35.9 Å². The van der Waals surface area contributed by atoms with E-state index < -0.39 is 5.97 Å². The van der Waals surface area contributed by atoms with Crippen molar-refractivity contribution in [3.63, 3.8) is 0 Å². The second kappa shape index (κ2) is 7.86.